The predicted molar refractivity (Wildman–Crippen MR) is 113 cm³/mol. The first-order valence-electron chi connectivity index (χ1n) is 10.1. The number of carbonyl (C=O) groups excluding carboxylic acids is 2. The fraction of sp³-hybridized carbons (Fsp3) is 0.500. The SMILES string of the molecule is CCOC(=O)C1=C(C)C(C)(CC(=O)c2cccc(OC)c2)CC(C(C)OCC)=C1. The Kier molecular flexibility index (Phi) is 7.80. The van der Waals surface area contributed by atoms with Crippen LogP contribution in [-0.2, 0) is 14.3 Å². The average Bonchev–Trinajstić information content (AvgIpc) is 2.70. The zero-order chi connectivity index (χ0) is 21.6. The second-order valence-corrected chi connectivity index (χ2v) is 7.65. The molecule has 1 aromatic rings. The molecule has 2 unspecified atom stereocenters. The van der Waals surface area contributed by atoms with Crippen molar-refractivity contribution in [1.82, 2.24) is 0 Å². The van der Waals surface area contributed by atoms with E-state index in [1.54, 1.807) is 26.2 Å². The third-order valence-corrected chi connectivity index (χ3v) is 5.61. The lowest BCUT2D eigenvalue weighted by Crippen LogP contribution is -2.31. The van der Waals surface area contributed by atoms with Gasteiger partial charge in [-0.2, -0.15) is 0 Å². The highest BCUT2D eigenvalue weighted by Crippen LogP contribution is 2.45. The lowest BCUT2D eigenvalue weighted by molar-refractivity contribution is -0.138. The van der Waals surface area contributed by atoms with Crippen LogP contribution in [0.5, 0.6) is 5.75 Å². The average molecular weight is 401 g/mol. The molecule has 158 valence electrons. The van der Waals surface area contributed by atoms with Crippen LogP contribution in [0.25, 0.3) is 0 Å². The number of ketones is 1. The number of hydrogen-bond donors (Lipinski definition) is 0. The van der Waals surface area contributed by atoms with Gasteiger partial charge in [-0.25, -0.2) is 4.79 Å². The molecule has 0 spiro atoms. The molecule has 0 saturated carbocycles. The van der Waals surface area contributed by atoms with E-state index in [4.69, 9.17) is 14.2 Å². The van der Waals surface area contributed by atoms with E-state index in [0.717, 1.165) is 11.1 Å². The molecule has 0 aliphatic heterocycles. The Bertz CT molecular complexity index is 820. The van der Waals surface area contributed by atoms with E-state index in [9.17, 15) is 9.59 Å². The lowest BCUT2D eigenvalue weighted by atomic mass is 9.68. The van der Waals surface area contributed by atoms with Crippen LogP contribution in [-0.4, -0.2) is 38.2 Å². The Morgan fingerprint density at radius 3 is 2.55 bits per heavy atom. The van der Waals surface area contributed by atoms with Crippen molar-refractivity contribution in [2.24, 2.45) is 5.41 Å². The van der Waals surface area contributed by atoms with Crippen LogP contribution in [0.2, 0.25) is 0 Å². The van der Waals surface area contributed by atoms with E-state index in [2.05, 4.69) is 0 Å². The topological polar surface area (TPSA) is 61.8 Å². The summed E-state index contributed by atoms with van der Waals surface area (Å²) in [7, 11) is 1.58. The largest absolute Gasteiger partial charge is 0.497 e. The molecule has 0 bridgehead atoms. The zero-order valence-electron chi connectivity index (χ0n) is 18.3. The number of carbonyl (C=O) groups is 2. The van der Waals surface area contributed by atoms with Crippen molar-refractivity contribution in [2.45, 2.75) is 53.6 Å². The first-order valence-corrected chi connectivity index (χ1v) is 10.1. The van der Waals surface area contributed by atoms with Gasteiger partial charge in [0.1, 0.15) is 5.75 Å². The molecule has 0 aromatic heterocycles. The van der Waals surface area contributed by atoms with Gasteiger partial charge in [0.25, 0.3) is 0 Å². The molecule has 2 atom stereocenters. The highest BCUT2D eigenvalue weighted by molar-refractivity contribution is 5.98. The fourth-order valence-corrected chi connectivity index (χ4v) is 3.74. The maximum Gasteiger partial charge on any atom is 0.338 e. The lowest BCUT2D eigenvalue weighted by Gasteiger charge is -2.37. The number of allylic oxidation sites excluding steroid dienone is 1. The molecule has 0 fully saturated rings. The molecule has 0 N–H and O–H groups in total. The van der Waals surface area contributed by atoms with Crippen LogP contribution in [0.4, 0.5) is 0 Å². The third kappa shape index (κ3) is 5.36. The predicted octanol–water partition coefficient (Wildman–Crippen LogP) is 4.91. The van der Waals surface area contributed by atoms with Crippen molar-refractivity contribution in [3.8, 4) is 5.75 Å². The summed E-state index contributed by atoms with van der Waals surface area (Å²) >= 11 is 0. The van der Waals surface area contributed by atoms with Crippen LogP contribution in [0.1, 0.15) is 57.8 Å². The summed E-state index contributed by atoms with van der Waals surface area (Å²) in [6.07, 6.45) is 2.68. The van der Waals surface area contributed by atoms with E-state index < -0.39 is 5.41 Å². The van der Waals surface area contributed by atoms with Crippen molar-refractivity contribution in [3.63, 3.8) is 0 Å². The first kappa shape index (κ1) is 22.9. The van der Waals surface area contributed by atoms with E-state index >= 15 is 0 Å². The fourth-order valence-electron chi connectivity index (χ4n) is 3.74. The maximum absolute atomic E-state index is 13.1. The Hall–Kier alpha value is -2.40. The summed E-state index contributed by atoms with van der Waals surface area (Å²) in [5.74, 6) is 0.305. The number of methoxy groups -OCH3 is 1. The summed E-state index contributed by atoms with van der Waals surface area (Å²) in [5, 5.41) is 0. The molecule has 1 aliphatic rings. The molecule has 1 aliphatic carbocycles. The third-order valence-electron chi connectivity index (χ3n) is 5.61. The van der Waals surface area contributed by atoms with E-state index in [1.807, 2.05) is 45.9 Å². The number of ether oxygens (including phenoxy) is 3. The van der Waals surface area contributed by atoms with E-state index in [0.29, 0.717) is 36.5 Å². The van der Waals surface area contributed by atoms with Gasteiger partial charge in [0.2, 0.25) is 0 Å². The molecule has 0 amide bonds. The molecule has 0 radical (unpaired) electrons. The molecule has 5 heteroatoms. The summed E-state index contributed by atoms with van der Waals surface area (Å²) in [6, 6.07) is 7.17. The van der Waals surface area contributed by atoms with E-state index in [-0.39, 0.29) is 24.3 Å². The number of rotatable bonds is 9. The van der Waals surface area contributed by atoms with Crippen LogP contribution >= 0.6 is 0 Å². The van der Waals surface area contributed by atoms with Gasteiger partial charge in [0.15, 0.2) is 5.78 Å². The molecule has 2 rings (SSSR count). The molecule has 5 nitrogen and oxygen atoms in total. The second-order valence-electron chi connectivity index (χ2n) is 7.65. The Morgan fingerprint density at radius 1 is 1.21 bits per heavy atom. The van der Waals surface area contributed by atoms with Gasteiger partial charge in [-0.1, -0.05) is 24.6 Å². The standard InChI is InChI=1S/C24H32O5/c1-7-28-17(4)19-13-21(23(26)29-8-2)16(3)24(5,14-19)15-22(25)18-10-9-11-20(12-18)27-6/h9-13,17H,7-8,14-15H2,1-6H3. The molecule has 0 saturated heterocycles. The molecule has 1 aromatic carbocycles. The number of Topliss-reactive ketones (excluding diaryl/α,β-unsaturated/α-hetero) is 1. The molecular weight excluding hydrogens is 368 g/mol. The first-order chi connectivity index (χ1) is 13.8. The smallest absolute Gasteiger partial charge is 0.338 e. The summed E-state index contributed by atoms with van der Waals surface area (Å²) in [6.45, 7) is 10.5. The Morgan fingerprint density at radius 2 is 1.93 bits per heavy atom. The van der Waals surface area contributed by atoms with Crippen molar-refractivity contribution in [2.75, 3.05) is 20.3 Å². The minimum atomic E-state index is -0.502. The van der Waals surface area contributed by atoms with Gasteiger partial charge in [-0.05, 0) is 57.9 Å². The van der Waals surface area contributed by atoms with E-state index in [1.165, 1.54) is 0 Å². The summed E-state index contributed by atoms with van der Waals surface area (Å²) in [5.41, 5.74) is 2.50. The molecule has 0 heterocycles. The van der Waals surface area contributed by atoms with Crippen molar-refractivity contribution in [1.29, 1.82) is 0 Å². The highest BCUT2D eigenvalue weighted by atomic mass is 16.5. The summed E-state index contributed by atoms with van der Waals surface area (Å²) < 4.78 is 16.3. The van der Waals surface area contributed by atoms with Crippen LogP contribution < -0.4 is 4.74 Å². The minimum absolute atomic E-state index is 0.0132. The normalized spacial score (nSPS) is 20.1. The summed E-state index contributed by atoms with van der Waals surface area (Å²) in [4.78, 5) is 25.7. The Balaban J connectivity index is 2.40. The molecule has 29 heavy (non-hydrogen) atoms. The quantitative estimate of drug-likeness (QED) is 0.435. The van der Waals surface area contributed by atoms with Gasteiger partial charge in [-0.15, -0.1) is 0 Å². The highest BCUT2D eigenvalue weighted by Gasteiger charge is 2.38. The Labute approximate surface area is 173 Å². The monoisotopic (exact) mass is 400 g/mol. The van der Waals surface area contributed by atoms with Gasteiger partial charge in [0, 0.05) is 24.0 Å². The minimum Gasteiger partial charge on any atom is -0.497 e. The second kappa shape index (κ2) is 9.88. The maximum atomic E-state index is 13.1. The van der Waals surface area contributed by atoms with Gasteiger partial charge < -0.3 is 14.2 Å². The number of esters is 1. The van der Waals surface area contributed by atoms with Gasteiger partial charge in [-0.3, -0.25) is 4.79 Å². The van der Waals surface area contributed by atoms with Crippen LogP contribution in [0, 0.1) is 5.41 Å². The van der Waals surface area contributed by atoms with Crippen molar-refractivity contribution in [3.05, 3.63) is 52.6 Å². The van der Waals surface area contributed by atoms with Gasteiger partial charge in [0.05, 0.1) is 25.4 Å². The number of hydrogen-bond acceptors (Lipinski definition) is 5. The van der Waals surface area contributed by atoms with Gasteiger partial charge >= 0.3 is 5.97 Å². The van der Waals surface area contributed by atoms with Crippen LogP contribution in [0.15, 0.2) is 47.1 Å². The number of benzene rings is 1. The van der Waals surface area contributed by atoms with Crippen LogP contribution in [0.3, 0.4) is 0 Å². The van der Waals surface area contributed by atoms with Crippen molar-refractivity contribution >= 4 is 11.8 Å². The van der Waals surface area contributed by atoms with Crippen molar-refractivity contribution < 1.29 is 23.8 Å². The zero-order valence-corrected chi connectivity index (χ0v) is 18.3. The molecular formula is C24H32O5.